The Kier molecular flexibility index (Phi) is 3.54. The highest BCUT2D eigenvalue weighted by Crippen LogP contribution is 2.29. The fourth-order valence-electron chi connectivity index (χ4n) is 1.86. The first-order valence-electron chi connectivity index (χ1n) is 5.49. The molecular weight excluding hydrogens is 274 g/mol. The van der Waals surface area contributed by atoms with E-state index in [0.717, 1.165) is 4.31 Å². The molecule has 0 aliphatic carbocycles. The van der Waals surface area contributed by atoms with Crippen molar-refractivity contribution in [2.45, 2.75) is 17.7 Å². The van der Waals surface area contributed by atoms with Gasteiger partial charge in [-0.25, -0.2) is 17.5 Å². The Bertz CT molecular complexity index is 624. The van der Waals surface area contributed by atoms with Crippen molar-refractivity contribution in [1.29, 1.82) is 0 Å². The van der Waals surface area contributed by atoms with Gasteiger partial charge in [-0.05, 0) is 18.6 Å². The Labute approximate surface area is 109 Å². The summed E-state index contributed by atoms with van der Waals surface area (Å²) in [5.41, 5.74) is 0.132. The fraction of sp³-hybridized carbons (Fsp3) is 0.273. The van der Waals surface area contributed by atoms with Crippen LogP contribution in [-0.4, -0.2) is 36.4 Å². The molecule has 0 bridgehead atoms. The lowest BCUT2D eigenvalue weighted by Gasteiger charge is -2.14. The summed E-state index contributed by atoms with van der Waals surface area (Å²) in [5.74, 6) is -1.48. The number of sulfonamides is 1. The van der Waals surface area contributed by atoms with Crippen molar-refractivity contribution in [3.8, 4) is 0 Å². The Morgan fingerprint density at radius 3 is 2.63 bits per heavy atom. The second-order valence-corrected chi connectivity index (χ2v) is 5.78. The van der Waals surface area contributed by atoms with Crippen molar-refractivity contribution in [1.82, 2.24) is 4.31 Å². The maximum absolute atomic E-state index is 12.1. The predicted molar refractivity (Wildman–Crippen MR) is 62.6 cm³/mol. The Morgan fingerprint density at radius 2 is 2.00 bits per heavy atom. The van der Waals surface area contributed by atoms with Crippen molar-refractivity contribution >= 4 is 21.9 Å². The van der Waals surface area contributed by atoms with Crippen LogP contribution in [0.4, 0.5) is 0 Å². The average Bonchev–Trinajstić information content (AvgIpc) is 2.60. The van der Waals surface area contributed by atoms with Crippen LogP contribution in [0, 0.1) is 0 Å². The minimum absolute atomic E-state index is 0.0234. The van der Waals surface area contributed by atoms with Gasteiger partial charge in [-0.2, -0.15) is 5.26 Å². The molecule has 0 spiro atoms. The molecule has 102 valence electrons. The first kappa shape index (κ1) is 13.5. The zero-order valence-electron chi connectivity index (χ0n) is 9.77. The van der Waals surface area contributed by atoms with Crippen molar-refractivity contribution in [3.05, 3.63) is 29.8 Å². The van der Waals surface area contributed by atoms with Gasteiger partial charge in [0.2, 0.25) is 0 Å². The number of hydrogen-bond donors (Lipinski definition) is 1. The summed E-state index contributed by atoms with van der Waals surface area (Å²) >= 11 is 0. The van der Waals surface area contributed by atoms with Crippen molar-refractivity contribution in [2.75, 3.05) is 6.54 Å². The van der Waals surface area contributed by atoms with Gasteiger partial charge in [-0.3, -0.25) is 4.79 Å². The molecule has 0 fully saturated rings. The van der Waals surface area contributed by atoms with Crippen LogP contribution in [0.5, 0.6) is 0 Å². The van der Waals surface area contributed by atoms with E-state index < -0.39 is 21.9 Å². The van der Waals surface area contributed by atoms with Gasteiger partial charge in [-0.1, -0.05) is 12.1 Å². The van der Waals surface area contributed by atoms with Crippen LogP contribution in [0.25, 0.3) is 0 Å². The fourth-order valence-corrected chi connectivity index (χ4v) is 3.47. The summed E-state index contributed by atoms with van der Waals surface area (Å²) in [4.78, 5) is 26.1. The van der Waals surface area contributed by atoms with E-state index in [1.54, 1.807) is 6.07 Å². The van der Waals surface area contributed by atoms with E-state index in [1.807, 2.05) is 0 Å². The highest BCUT2D eigenvalue weighted by molar-refractivity contribution is 7.90. The van der Waals surface area contributed by atoms with E-state index in [-0.39, 0.29) is 29.8 Å². The Morgan fingerprint density at radius 1 is 1.32 bits per heavy atom. The van der Waals surface area contributed by atoms with Gasteiger partial charge in [0, 0.05) is 6.54 Å². The Balaban J connectivity index is 2.17. The Hall–Kier alpha value is -1.93. The molecule has 1 amide bonds. The molecule has 0 radical (unpaired) electrons. The molecule has 1 heterocycles. The molecule has 0 saturated carbocycles. The second-order valence-electron chi connectivity index (χ2n) is 3.95. The molecule has 0 saturated heterocycles. The zero-order chi connectivity index (χ0) is 14.0. The highest BCUT2D eigenvalue weighted by Gasteiger charge is 2.40. The molecule has 2 rings (SSSR count). The third-order valence-electron chi connectivity index (χ3n) is 2.76. The van der Waals surface area contributed by atoms with Crippen LogP contribution in [0.1, 0.15) is 23.2 Å². The normalized spacial score (nSPS) is 16.3. The summed E-state index contributed by atoms with van der Waals surface area (Å²) < 4.78 is 24.9. The number of carbonyl (C=O) groups excluding carboxylic acids is 2. The third kappa shape index (κ3) is 2.32. The molecule has 1 aliphatic rings. The van der Waals surface area contributed by atoms with Crippen LogP contribution in [0.2, 0.25) is 0 Å². The molecule has 1 aliphatic heterocycles. The number of benzene rings is 1. The molecule has 19 heavy (non-hydrogen) atoms. The molecule has 0 atom stereocenters. The largest absolute Gasteiger partial charge is 0.342 e. The lowest BCUT2D eigenvalue weighted by Crippen LogP contribution is -2.31. The quantitative estimate of drug-likeness (QED) is 0.643. The summed E-state index contributed by atoms with van der Waals surface area (Å²) in [7, 11) is -3.83. The summed E-state index contributed by atoms with van der Waals surface area (Å²) in [6, 6.07) is 5.93. The zero-order valence-corrected chi connectivity index (χ0v) is 10.6. The molecule has 7 nitrogen and oxygen atoms in total. The van der Waals surface area contributed by atoms with Crippen LogP contribution >= 0.6 is 0 Å². The molecule has 1 aromatic carbocycles. The maximum Gasteiger partial charge on any atom is 0.342 e. The second kappa shape index (κ2) is 4.98. The van der Waals surface area contributed by atoms with Gasteiger partial charge in [0.25, 0.3) is 15.9 Å². The van der Waals surface area contributed by atoms with E-state index in [4.69, 9.17) is 5.26 Å². The van der Waals surface area contributed by atoms with Crippen LogP contribution in [0.3, 0.4) is 0 Å². The number of rotatable bonds is 4. The summed E-state index contributed by atoms with van der Waals surface area (Å²) in [6.45, 7) is -0.134. The number of nitrogens with zero attached hydrogens (tertiary/aromatic N) is 1. The van der Waals surface area contributed by atoms with Gasteiger partial charge in [0.15, 0.2) is 0 Å². The molecule has 0 unspecified atom stereocenters. The molecular formula is C11H11NO6S. The lowest BCUT2D eigenvalue weighted by molar-refractivity contribution is -0.234. The van der Waals surface area contributed by atoms with Crippen LogP contribution in [0.15, 0.2) is 29.2 Å². The average molecular weight is 285 g/mol. The van der Waals surface area contributed by atoms with E-state index in [2.05, 4.69) is 4.89 Å². The smallest absolute Gasteiger partial charge is 0.301 e. The minimum Gasteiger partial charge on any atom is -0.301 e. The van der Waals surface area contributed by atoms with Gasteiger partial charge in [-0.15, -0.1) is 0 Å². The molecule has 0 aromatic heterocycles. The van der Waals surface area contributed by atoms with E-state index in [9.17, 15) is 18.0 Å². The van der Waals surface area contributed by atoms with Gasteiger partial charge in [0.05, 0.1) is 12.0 Å². The van der Waals surface area contributed by atoms with E-state index in [0.29, 0.717) is 0 Å². The molecule has 1 N–H and O–H groups in total. The van der Waals surface area contributed by atoms with Crippen molar-refractivity contribution in [3.63, 3.8) is 0 Å². The van der Waals surface area contributed by atoms with Gasteiger partial charge in [0.1, 0.15) is 4.90 Å². The first-order valence-corrected chi connectivity index (χ1v) is 6.93. The summed E-state index contributed by atoms with van der Waals surface area (Å²) in [5, 5.41) is 8.08. The minimum atomic E-state index is -3.83. The lowest BCUT2D eigenvalue weighted by atomic mass is 10.2. The number of hydrogen-bond acceptors (Lipinski definition) is 6. The molecule has 8 heteroatoms. The first-order chi connectivity index (χ1) is 8.98. The number of amides is 1. The van der Waals surface area contributed by atoms with Crippen molar-refractivity contribution < 1.29 is 28.2 Å². The predicted octanol–water partition coefficient (Wildman–Crippen LogP) is 0.628. The van der Waals surface area contributed by atoms with E-state index in [1.165, 1.54) is 18.2 Å². The topological polar surface area (TPSA) is 101 Å². The SMILES string of the molecule is O=C(CCCN1C(=O)c2ccccc2S1(=O)=O)OO. The summed E-state index contributed by atoms with van der Waals surface area (Å²) in [6.07, 6.45) is -0.0928. The monoisotopic (exact) mass is 285 g/mol. The molecule has 1 aromatic rings. The van der Waals surface area contributed by atoms with E-state index >= 15 is 0 Å². The third-order valence-corrected chi connectivity index (χ3v) is 4.60. The van der Waals surface area contributed by atoms with Crippen LogP contribution < -0.4 is 0 Å². The number of carbonyl (C=O) groups is 2. The van der Waals surface area contributed by atoms with Crippen LogP contribution in [-0.2, 0) is 19.7 Å². The van der Waals surface area contributed by atoms with Gasteiger partial charge < -0.3 is 4.89 Å². The standard InChI is InChI=1S/C11H11NO6S/c13-10(18-15)6-3-7-12-11(14)8-4-1-2-5-9(8)19(12,16)17/h1-2,4-5,15H,3,6-7H2. The van der Waals surface area contributed by atoms with Crippen molar-refractivity contribution in [2.24, 2.45) is 0 Å². The highest BCUT2D eigenvalue weighted by atomic mass is 32.2. The maximum atomic E-state index is 12.1. The number of fused-ring (bicyclic) bond motifs is 1. The van der Waals surface area contributed by atoms with Gasteiger partial charge >= 0.3 is 5.97 Å².